The van der Waals surface area contributed by atoms with Crippen molar-refractivity contribution >= 4 is 21.7 Å². The second kappa shape index (κ2) is 6.33. The molecule has 0 amide bonds. The molecule has 0 saturated carbocycles. The predicted molar refractivity (Wildman–Crippen MR) is 91.8 cm³/mol. The Kier molecular flexibility index (Phi) is 4.37. The lowest BCUT2D eigenvalue weighted by Crippen LogP contribution is -2.29. The van der Waals surface area contributed by atoms with Crippen LogP contribution in [0, 0.1) is 17.2 Å². The van der Waals surface area contributed by atoms with E-state index in [9.17, 15) is 10.1 Å². The van der Waals surface area contributed by atoms with Crippen LogP contribution in [-0.4, -0.2) is 12.9 Å². The van der Waals surface area contributed by atoms with Gasteiger partial charge in [0.1, 0.15) is 23.2 Å². The van der Waals surface area contributed by atoms with E-state index in [-0.39, 0.29) is 23.2 Å². The third-order valence-electron chi connectivity index (χ3n) is 4.37. The van der Waals surface area contributed by atoms with Crippen LogP contribution in [0.2, 0.25) is 0 Å². The van der Waals surface area contributed by atoms with Crippen LogP contribution in [0.15, 0.2) is 45.5 Å². The van der Waals surface area contributed by atoms with E-state index in [0.717, 1.165) is 10.0 Å². The Bertz CT molecular complexity index is 820. The number of halogens is 1. The van der Waals surface area contributed by atoms with Gasteiger partial charge in [-0.25, -0.2) is 0 Å². The van der Waals surface area contributed by atoms with Gasteiger partial charge in [-0.2, -0.15) is 5.26 Å². The molecule has 0 bridgehead atoms. The summed E-state index contributed by atoms with van der Waals surface area (Å²) in [5.41, 5.74) is 7.59. The summed E-state index contributed by atoms with van der Waals surface area (Å²) in [6.07, 6.45) is 1.10. The molecule has 3 rings (SSSR count). The normalized spacial score (nSPS) is 23.5. The molecular formula is C18H17BrN2O3. The first-order valence-corrected chi connectivity index (χ1v) is 8.42. The SMILES string of the molecule is COc1ccc([C@@H]2C(C#N)=C(N)OC3=C2C(=O)C[C@@H](C)C3)cc1Br. The summed E-state index contributed by atoms with van der Waals surface area (Å²) in [7, 11) is 1.58. The lowest BCUT2D eigenvalue weighted by molar-refractivity contribution is -0.117. The zero-order valence-corrected chi connectivity index (χ0v) is 15.0. The summed E-state index contributed by atoms with van der Waals surface area (Å²) in [6, 6.07) is 7.62. The summed E-state index contributed by atoms with van der Waals surface area (Å²) >= 11 is 3.46. The first-order valence-electron chi connectivity index (χ1n) is 7.63. The number of hydrogen-bond donors (Lipinski definition) is 1. The summed E-state index contributed by atoms with van der Waals surface area (Å²) in [5, 5.41) is 9.55. The van der Waals surface area contributed by atoms with Crippen molar-refractivity contribution in [3.63, 3.8) is 0 Å². The number of rotatable bonds is 2. The molecule has 2 aliphatic rings. The molecule has 0 saturated heterocycles. The minimum absolute atomic E-state index is 0.0148. The highest BCUT2D eigenvalue weighted by Crippen LogP contribution is 2.45. The number of ether oxygens (including phenoxy) is 2. The number of Topliss-reactive ketones (excluding diaryl/α,β-unsaturated/α-hetero) is 1. The highest BCUT2D eigenvalue weighted by Gasteiger charge is 2.39. The van der Waals surface area contributed by atoms with Gasteiger partial charge in [0.2, 0.25) is 5.88 Å². The number of benzene rings is 1. The van der Waals surface area contributed by atoms with Crippen LogP contribution in [0.25, 0.3) is 0 Å². The summed E-state index contributed by atoms with van der Waals surface area (Å²) in [6.45, 7) is 2.00. The first-order chi connectivity index (χ1) is 11.5. The van der Waals surface area contributed by atoms with Crippen molar-refractivity contribution in [2.75, 3.05) is 7.11 Å². The van der Waals surface area contributed by atoms with Crippen LogP contribution in [0.4, 0.5) is 0 Å². The van der Waals surface area contributed by atoms with E-state index in [2.05, 4.69) is 22.0 Å². The van der Waals surface area contributed by atoms with E-state index >= 15 is 0 Å². The van der Waals surface area contributed by atoms with E-state index in [0.29, 0.717) is 29.9 Å². The van der Waals surface area contributed by atoms with Crippen molar-refractivity contribution in [3.8, 4) is 11.8 Å². The molecule has 1 aliphatic heterocycles. The van der Waals surface area contributed by atoms with Gasteiger partial charge in [-0.15, -0.1) is 0 Å². The van der Waals surface area contributed by atoms with Gasteiger partial charge in [0.25, 0.3) is 0 Å². The van der Waals surface area contributed by atoms with Crippen molar-refractivity contribution in [3.05, 3.63) is 51.0 Å². The van der Waals surface area contributed by atoms with Crippen LogP contribution in [-0.2, 0) is 9.53 Å². The number of methoxy groups -OCH3 is 1. The van der Waals surface area contributed by atoms with Gasteiger partial charge >= 0.3 is 0 Å². The van der Waals surface area contributed by atoms with Gasteiger partial charge in [-0.1, -0.05) is 13.0 Å². The average molecular weight is 389 g/mol. The Morgan fingerprint density at radius 1 is 1.42 bits per heavy atom. The Balaban J connectivity index is 2.17. The van der Waals surface area contributed by atoms with Crippen LogP contribution in [0.3, 0.4) is 0 Å². The molecule has 1 heterocycles. The molecule has 0 aromatic heterocycles. The fourth-order valence-electron chi connectivity index (χ4n) is 3.29. The van der Waals surface area contributed by atoms with Crippen molar-refractivity contribution < 1.29 is 14.3 Å². The summed E-state index contributed by atoms with van der Waals surface area (Å²) in [4.78, 5) is 12.7. The van der Waals surface area contributed by atoms with Crippen molar-refractivity contribution in [2.45, 2.75) is 25.7 Å². The molecule has 0 radical (unpaired) electrons. The third kappa shape index (κ3) is 2.69. The Morgan fingerprint density at radius 2 is 2.17 bits per heavy atom. The Morgan fingerprint density at radius 3 is 2.79 bits per heavy atom. The number of ketones is 1. The number of nitrogens with zero attached hydrogens (tertiary/aromatic N) is 1. The van der Waals surface area contributed by atoms with Crippen LogP contribution in [0.5, 0.6) is 5.75 Å². The lowest BCUT2D eigenvalue weighted by Gasteiger charge is -2.33. The van der Waals surface area contributed by atoms with E-state index in [1.165, 1.54) is 0 Å². The van der Waals surface area contributed by atoms with Crippen LogP contribution >= 0.6 is 15.9 Å². The number of hydrogen-bond acceptors (Lipinski definition) is 5. The molecule has 1 aromatic carbocycles. The highest BCUT2D eigenvalue weighted by molar-refractivity contribution is 9.10. The van der Waals surface area contributed by atoms with Gasteiger partial charge in [0.15, 0.2) is 5.78 Å². The Hall–Kier alpha value is -2.26. The van der Waals surface area contributed by atoms with Crippen molar-refractivity contribution in [2.24, 2.45) is 11.7 Å². The number of carbonyl (C=O) groups excluding carboxylic acids is 1. The molecule has 5 nitrogen and oxygen atoms in total. The molecule has 2 N–H and O–H groups in total. The fourth-order valence-corrected chi connectivity index (χ4v) is 3.85. The van der Waals surface area contributed by atoms with Crippen LogP contribution in [0.1, 0.15) is 31.2 Å². The molecule has 6 heteroatoms. The molecule has 124 valence electrons. The maximum absolute atomic E-state index is 12.7. The maximum atomic E-state index is 12.7. The number of nitriles is 1. The highest BCUT2D eigenvalue weighted by atomic mass is 79.9. The van der Waals surface area contributed by atoms with Crippen molar-refractivity contribution in [1.82, 2.24) is 0 Å². The maximum Gasteiger partial charge on any atom is 0.205 e. The fraction of sp³-hybridized carbons (Fsp3) is 0.333. The predicted octanol–water partition coefficient (Wildman–Crippen LogP) is 3.52. The molecule has 0 unspecified atom stereocenters. The molecule has 1 aliphatic carbocycles. The van der Waals surface area contributed by atoms with E-state index in [1.807, 2.05) is 19.1 Å². The second-order valence-electron chi connectivity index (χ2n) is 6.09. The largest absolute Gasteiger partial charge is 0.496 e. The number of allylic oxidation sites excluding steroid dienone is 3. The third-order valence-corrected chi connectivity index (χ3v) is 4.99. The second-order valence-corrected chi connectivity index (χ2v) is 6.95. The molecule has 0 fully saturated rings. The van der Waals surface area contributed by atoms with Gasteiger partial charge in [-0.3, -0.25) is 4.79 Å². The minimum atomic E-state index is -0.499. The summed E-state index contributed by atoms with van der Waals surface area (Å²) in [5.74, 6) is 1.07. The number of carbonyl (C=O) groups is 1. The van der Waals surface area contributed by atoms with E-state index in [4.69, 9.17) is 15.2 Å². The molecule has 1 aromatic rings. The van der Waals surface area contributed by atoms with Gasteiger partial charge in [-0.05, 0) is 39.5 Å². The lowest BCUT2D eigenvalue weighted by atomic mass is 9.75. The molecule has 2 atom stereocenters. The topological polar surface area (TPSA) is 85.3 Å². The zero-order chi connectivity index (χ0) is 17.4. The molecule has 24 heavy (non-hydrogen) atoms. The summed E-state index contributed by atoms with van der Waals surface area (Å²) < 4.78 is 11.6. The number of nitrogens with two attached hydrogens (primary N) is 1. The minimum Gasteiger partial charge on any atom is -0.496 e. The average Bonchev–Trinajstić information content (AvgIpc) is 2.53. The standard InChI is InChI=1S/C18H17BrN2O3/c1-9-5-13(22)17-15(6-9)24-18(21)11(8-20)16(17)10-3-4-14(23-2)12(19)7-10/h3-4,7,9,16H,5-6,21H2,1-2H3/t9-,16-/m1/s1. The monoisotopic (exact) mass is 388 g/mol. The molecular weight excluding hydrogens is 372 g/mol. The van der Waals surface area contributed by atoms with Gasteiger partial charge < -0.3 is 15.2 Å². The zero-order valence-electron chi connectivity index (χ0n) is 13.4. The van der Waals surface area contributed by atoms with Gasteiger partial charge in [0.05, 0.1) is 17.5 Å². The smallest absolute Gasteiger partial charge is 0.205 e. The quantitative estimate of drug-likeness (QED) is 0.837. The van der Waals surface area contributed by atoms with E-state index in [1.54, 1.807) is 13.2 Å². The molecule has 0 spiro atoms. The van der Waals surface area contributed by atoms with Crippen LogP contribution < -0.4 is 10.5 Å². The first kappa shape index (κ1) is 16.6. The van der Waals surface area contributed by atoms with Crippen molar-refractivity contribution in [1.29, 1.82) is 5.26 Å². The van der Waals surface area contributed by atoms with Gasteiger partial charge in [0, 0.05) is 18.4 Å². The Labute approximate surface area is 148 Å². The van der Waals surface area contributed by atoms with E-state index < -0.39 is 5.92 Å².